The van der Waals surface area contributed by atoms with Gasteiger partial charge in [0.25, 0.3) is 0 Å². The van der Waals surface area contributed by atoms with E-state index >= 15 is 0 Å². The SMILES string of the molecule is CC1N=C(Nc2ncc3cc(C(O)N(C)C)n(C4CCCCCC4)c3n2)C=CC1N1CC2CNCC2CC1O. The van der Waals surface area contributed by atoms with Crippen LogP contribution in [0.1, 0.15) is 69.8 Å². The van der Waals surface area contributed by atoms with E-state index < -0.39 is 12.5 Å². The van der Waals surface area contributed by atoms with Crippen LogP contribution in [0, 0.1) is 11.8 Å². The molecule has 1 aliphatic carbocycles. The molecule has 1 saturated carbocycles. The van der Waals surface area contributed by atoms with Crippen LogP contribution in [0.3, 0.4) is 0 Å². The Bertz CT molecular complexity index is 1220. The first-order chi connectivity index (χ1) is 18.9. The van der Waals surface area contributed by atoms with Gasteiger partial charge >= 0.3 is 0 Å². The molecule has 4 aliphatic rings. The van der Waals surface area contributed by atoms with Gasteiger partial charge in [-0.1, -0.05) is 31.8 Å². The Kier molecular flexibility index (Phi) is 7.74. The predicted molar refractivity (Wildman–Crippen MR) is 154 cm³/mol. The average Bonchev–Trinajstić information content (AvgIpc) is 3.42. The lowest BCUT2D eigenvalue weighted by molar-refractivity contribution is -0.0724. The number of amidine groups is 1. The number of dihydropyridines is 1. The van der Waals surface area contributed by atoms with Gasteiger partial charge in [0.2, 0.25) is 5.95 Å². The molecule has 0 spiro atoms. The van der Waals surface area contributed by atoms with Crippen molar-refractivity contribution in [3.8, 4) is 0 Å². The summed E-state index contributed by atoms with van der Waals surface area (Å²) >= 11 is 0. The smallest absolute Gasteiger partial charge is 0.230 e. The van der Waals surface area contributed by atoms with Crippen LogP contribution in [0.25, 0.3) is 11.0 Å². The molecule has 2 aromatic rings. The van der Waals surface area contributed by atoms with Crippen molar-refractivity contribution in [3.05, 3.63) is 30.1 Å². The van der Waals surface area contributed by atoms with Crippen LogP contribution < -0.4 is 10.6 Å². The molecule has 3 aliphatic heterocycles. The number of anilines is 1. The third-order valence-corrected chi connectivity index (χ3v) is 9.28. The Morgan fingerprint density at radius 2 is 1.90 bits per heavy atom. The van der Waals surface area contributed by atoms with Crippen molar-refractivity contribution >= 4 is 22.8 Å². The molecule has 0 amide bonds. The number of aliphatic hydroxyl groups is 2. The minimum Gasteiger partial charge on any atom is -0.378 e. The Labute approximate surface area is 231 Å². The van der Waals surface area contributed by atoms with Crippen LogP contribution in [0.15, 0.2) is 29.4 Å². The van der Waals surface area contributed by atoms with Gasteiger partial charge in [-0.3, -0.25) is 14.8 Å². The summed E-state index contributed by atoms with van der Waals surface area (Å²) in [5, 5.41) is 29.7. The quantitative estimate of drug-likeness (QED) is 0.341. The predicted octanol–water partition coefficient (Wildman–Crippen LogP) is 2.88. The fourth-order valence-corrected chi connectivity index (χ4v) is 7.11. The summed E-state index contributed by atoms with van der Waals surface area (Å²) in [4.78, 5) is 18.5. The third-order valence-electron chi connectivity index (χ3n) is 9.28. The molecule has 0 bridgehead atoms. The molecule has 3 fully saturated rings. The summed E-state index contributed by atoms with van der Waals surface area (Å²) in [6, 6.07) is 2.42. The summed E-state index contributed by atoms with van der Waals surface area (Å²) in [7, 11) is 3.79. The largest absolute Gasteiger partial charge is 0.378 e. The molecular weight excluding hydrogens is 492 g/mol. The second-order valence-electron chi connectivity index (χ2n) is 12.2. The highest BCUT2D eigenvalue weighted by molar-refractivity contribution is 6.03. The van der Waals surface area contributed by atoms with Crippen LogP contribution in [-0.2, 0) is 0 Å². The fourth-order valence-electron chi connectivity index (χ4n) is 7.11. The first-order valence-corrected chi connectivity index (χ1v) is 14.8. The highest BCUT2D eigenvalue weighted by Gasteiger charge is 2.41. The first kappa shape index (κ1) is 26.8. The van der Waals surface area contributed by atoms with Gasteiger partial charge < -0.3 is 25.4 Å². The summed E-state index contributed by atoms with van der Waals surface area (Å²) < 4.78 is 2.26. The van der Waals surface area contributed by atoms with Crippen molar-refractivity contribution in [2.45, 2.75) is 82.5 Å². The summed E-state index contributed by atoms with van der Waals surface area (Å²) in [5.74, 6) is 2.40. The van der Waals surface area contributed by atoms with Gasteiger partial charge in [0.05, 0.1) is 17.8 Å². The maximum absolute atomic E-state index is 11.0. The van der Waals surface area contributed by atoms with E-state index in [1.54, 1.807) is 0 Å². The van der Waals surface area contributed by atoms with E-state index in [1.807, 2.05) is 37.3 Å². The highest BCUT2D eigenvalue weighted by atomic mass is 16.3. The minimum atomic E-state index is -0.706. The van der Waals surface area contributed by atoms with Gasteiger partial charge in [-0.05, 0) is 77.3 Å². The maximum Gasteiger partial charge on any atom is 0.230 e. The molecule has 39 heavy (non-hydrogen) atoms. The normalized spacial score (nSPS) is 31.3. The third kappa shape index (κ3) is 5.37. The van der Waals surface area contributed by atoms with Crippen LogP contribution in [-0.4, -0.2) is 92.4 Å². The van der Waals surface area contributed by atoms with Crippen molar-refractivity contribution < 1.29 is 10.2 Å². The van der Waals surface area contributed by atoms with E-state index in [2.05, 4.69) is 38.1 Å². The monoisotopic (exact) mass is 536 g/mol. The van der Waals surface area contributed by atoms with Crippen molar-refractivity contribution in [3.63, 3.8) is 0 Å². The van der Waals surface area contributed by atoms with Crippen molar-refractivity contribution in [1.82, 2.24) is 29.7 Å². The number of rotatable bonds is 5. The first-order valence-electron chi connectivity index (χ1n) is 14.8. The number of hydrogen-bond donors (Lipinski definition) is 4. The summed E-state index contributed by atoms with van der Waals surface area (Å²) in [5.41, 5.74) is 1.73. The van der Waals surface area contributed by atoms with Gasteiger partial charge in [-0.25, -0.2) is 4.98 Å². The summed E-state index contributed by atoms with van der Waals surface area (Å²) in [6.45, 7) is 5.06. The van der Waals surface area contributed by atoms with E-state index in [1.165, 1.54) is 25.7 Å². The number of aromatic nitrogens is 3. The molecule has 6 unspecified atom stereocenters. The van der Waals surface area contributed by atoms with Crippen molar-refractivity contribution in [2.24, 2.45) is 16.8 Å². The van der Waals surface area contributed by atoms with E-state index in [0.717, 1.165) is 61.5 Å². The highest BCUT2D eigenvalue weighted by Crippen LogP contribution is 2.36. The van der Waals surface area contributed by atoms with E-state index in [-0.39, 0.29) is 12.1 Å². The number of aliphatic imine (C=N–C) groups is 1. The number of fused-ring (bicyclic) bond motifs is 2. The Hall–Kier alpha value is -2.37. The molecule has 2 aromatic heterocycles. The number of piperidine rings is 1. The lowest BCUT2D eigenvalue weighted by Gasteiger charge is -2.44. The van der Waals surface area contributed by atoms with Gasteiger partial charge in [-0.2, -0.15) is 4.98 Å². The molecule has 4 N–H and O–H groups in total. The Morgan fingerprint density at radius 1 is 1.13 bits per heavy atom. The number of nitrogens with one attached hydrogen (secondary N) is 2. The molecule has 2 saturated heterocycles. The number of aliphatic hydroxyl groups excluding tert-OH is 2. The molecule has 6 rings (SSSR count). The van der Waals surface area contributed by atoms with Gasteiger partial charge in [0, 0.05) is 24.2 Å². The summed E-state index contributed by atoms with van der Waals surface area (Å²) in [6.07, 6.45) is 12.8. The second kappa shape index (κ2) is 11.2. The minimum absolute atomic E-state index is 0.00140. The lowest BCUT2D eigenvalue weighted by atomic mass is 9.86. The van der Waals surface area contributed by atoms with Gasteiger partial charge in [-0.15, -0.1) is 0 Å². The topological polar surface area (TPSA) is 114 Å². The fraction of sp³-hybridized carbons (Fsp3) is 0.690. The molecule has 0 aromatic carbocycles. The zero-order valence-corrected chi connectivity index (χ0v) is 23.5. The van der Waals surface area contributed by atoms with Crippen LogP contribution in [0.4, 0.5) is 5.95 Å². The van der Waals surface area contributed by atoms with E-state index in [0.29, 0.717) is 23.8 Å². The lowest BCUT2D eigenvalue weighted by Crippen LogP contribution is -2.54. The van der Waals surface area contributed by atoms with Gasteiger partial charge in [0.15, 0.2) is 0 Å². The Morgan fingerprint density at radius 3 is 2.64 bits per heavy atom. The second-order valence-corrected chi connectivity index (χ2v) is 12.2. The molecule has 6 atom stereocenters. The molecule has 0 radical (unpaired) electrons. The van der Waals surface area contributed by atoms with E-state index in [4.69, 9.17) is 9.98 Å². The van der Waals surface area contributed by atoms with Crippen molar-refractivity contribution in [1.29, 1.82) is 0 Å². The van der Waals surface area contributed by atoms with Crippen LogP contribution in [0.2, 0.25) is 0 Å². The zero-order valence-electron chi connectivity index (χ0n) is 23.5. The molecular formula is C29H44N8O2. The Balaban J connectivity index is 1.23. The number of likely N-dealkylation sites (tertiary alicyclic amines) is 1. The average molecular weight is 537 g/mol. The molecule has 10 nitrogen and oxygen atoms in total. The van der Waals surface area contributed by atoms with Gasteiger partial charge in [0.1, 0.15) is 23.9 Å². The molecule has 5 heterocycles. The maximum atomic E-state index is 11.0. The zero-order chi connectivity index (χ0) is 27.1. The molecule has 10 heteroatoms. The number of nitrogens with zero attached hydrogens (tertiary/aromatic N) is 6. The molecule has 212 valence electrons. The van der Waals surface area contributed by atoms with Crippen LogP contribution in [0.5, 0.6) is 0 Å². The standard InChI is InChI=1S/C29H44N8O2/c1-18-23(36-17-21-15-30-14-19(21)13-26(36)38)10-11-25(32-18)33-29-31-16-20-12-24(28(39)35(2)3)37(27(20)34-29)22-8-6-4-5-7-9-22/h10-12,16,18-19,21-23,26,28,30,38-39H,4-9,13-15,17H2,1-3H3,(H,31,32,33,34). The van der Waals surface area contributed by atoms with Crippen molar-refractivity contribution in [2.75, 3.05) is 39.0 Å². The number of hydrogen-bond acceptors (Lipinski definition) is 9. The van der Waals surface area contributed by atoms with E-state index in [9.17, 15) is 10.2 Å². The van der Waals surface area contributed by atoms with Crippen LogP contribution >= 0.6 is 0 Å².